The monoisotopic (exact) mass is 384 g/mol. The number of hydrogen-bond donors (Lipinski definition) is 1. The van der Waals surface area contributed by atoms with Crippen LogP contribution in [-0.4, -0.2) is 22.1 Å². The van der Waals surface area contributed by atoms with Crippen LogP contribution in [0.25, 0.3) is 22.0 Å². The second kappa shape index (κ2) is 6.96. The fourth-order valence-corrected chi connectivity index (χ4v) is 3.34. The number of hydrogen-bond acceptors (Lipinski definition) is 4. The van der Waals surface area contributed by atoms with E-state index in [9.17, 15) is 9.59 Å². The van der Waals surface area contributed by atoms with E-state index in [1.807, 2.05) is 24.3 Å². The molecule has 0 bridgehead atoms. The largest absolute Gasteiger partial charge is 0.460 e. The number of nitrogens with zero attached hydrogens (tertiary/aromatic N) is 1. The highest BCUT2D eigenvalue weighted by Crippen LogP contribution is 2.28. The molecule has 2 aromatic carbocycles. The molecule has 2 aromatic heterocycles. The maximum atomic E-state index is 12.3. The summed E-state index contributed by atoms with van der Waals surface area (Å²) in [5.41, 5.74) is 2.74. The van der Waals surface area contributed by atoms with E-state index in [0.29, 0.717) is 29.1 Å². The number of benzene rings is 2. The molecule has 27 heavy (non-hydrogen) atoms. The summed E-state index contributed by atoms with van der Waals surface area (Å²) in [6.07, 6.45) is 0.512. The number of fused-ring (bicyclic) bond motifs is 2. The van der Waals surface area contributed by atoms with Crippen LogP contribution < -0.4 is 5.69 Å². The van der Waals surface area contributed by atoms with E-state index in [1.54, 1.807) is 29.7 Å². The van der Waals surface area contributed by atoms with Crippen LogP contribution in [0.4, 0.5) is 0 Å². The second-order valence-corrected chi connectivity index (χ2v) is 6.72. The van der Waals surface area contributed by atoms with Gasteiger partial charge in [-0.25, -0.2) is 9.59 Å². The summed E-state index contributed by atoms with van der Waals surface area (Å²) in [7, 11) is 0. The van der Waals surface area contributed by atoms with Crippen LogP contribution in [0.2, 0.25) is 5.02 Å². The first-order valence-corrected chi connectivity index (χ1v) is 8.96. The number of nitrogens with one attached hydrogen (secondary N) is 1. The molecule has 6 nitrogen and oxygen atoms in total. The first kappa shape index (κ1) is 17.4. The summed E-state index contributed by atoms with van der Waals surface area (Å²) in [5.74, 6) is -0.345. The average molecular weight is 385 g/mol. The molecule has 0 saturated heterocycles. The predicted octanol–water partition coefficient (Wildman–Crippen LogP) is 4.28. The van der Waals surface area contributed by atoms with Crippen molar-refractivity contribution in [2.24, 2.45) is 0 Å². The van der Waals surface area contributed by atoms with Gasteiger partial charge in [-0.2, -0.15) is 0 Å². The van der Waals surface area contributed by atoms with Gasteiger partial charge in [0, 0.05) is 22.5 Å². The lowest BCUT2D eigenvalue weighted by Crippen LogP contribution is -2.18. The minimum absolute atomic E-state index is 0.174. The topological polar surface area (TPSA) is 77.2 Å². The van der Waals surface area contributed by atoms with Crippen LogP contribution in [0.1, 0.15) is 22.5 Å². The number of carbonyl (C=O) groups excluding carboxylic acids is 1. The van der Waals surface area contributed by atoms with E-state index in [1.165, 1.54) is 0 Å². The van der Waals surface area contributed by atoms with Gasteiger partial charge in [-0.1, -0.05) is 23.7 Å². The Hall–Kier alpha value is -2.99. The van der Waals surface area contributed by atoms with E-state index in [0.717, 1.165) is 16.4 Å². The SMILES string of the molecule is Cc1c(C(=O)OCCCn2c(=O)[nH]c3ccccc32)oc2ccc(Cl)cc12. The molecule has 4 aromatic rings. The highest BCUT2D eigenvalue weighted by Gasteiger charge is 2.19. The molecule has 0 amide bonds. The van der Waals surface area contributed by atoms with Crippen molar-refractivity contribution in [3.05, 3.63) is 69.3 Å². The van der Waals surface area contributed by atoms with E-state index in [-0.39, 0.29) is 18.1 Å². The summed E-state index contributed by atoms with van der Waals surface area (Å²) >= 11 is 6.00. The van der Waals surface area contributed by atoms with Crippen LogP contribution in [0.15, 0.2) is 51.7 Å². The number of rotatable bonds is 5. The molecular formula is C20H17ClN2O4. The van der Waals surface area contributed by atoms with Crippen molar-refractivity contribution in [1.29, 1.82) is 0 Å². The van der Waals surface area contributed by atoms with Crippen molar-refractivity contribution in [3.63, 3.8) is 0 Å². The smallest absolute Gasteiger partial charge is 0.374 e. The number of aromatic amines is 1. The molecule has 0 aliphatic heterocycles. The number of halogens is 1. The van der Waals surface area contributed by atoms with E-state index >= 15 is 0 Å². The van der Waals surface area contributed by atoms with Crippen LogP contribution in [0.5, 0.6) is 0 Å². The van der Waals surface area contributed by atoms with Crippen molar-refractivity contribution in [1.82, 2.24) is 9.55 Å². The number of aryl methyl sites for hydroxylation is 2. The van der Waals surface area contributed by atoms with Crippen molar-refractivity contribution in [3.8, 4) is 0 Å². The van der Waals surface area contributed by atoms with Gasteiger partial charge in [-0.15, -0.1) is 0 Å². The zero-order valence-corrected chi connectivity index (χ0v) is 15.4. The third kappa shape index (κ3) is 3.24. The maximum absolute atomic E-state index is 12.3. The van der Waals surface area contributed by atoms with Crippen LogP contribution in [0, 0.1) is 6.92 Å². The van der Waals surface area contributed by atoms with Gasteiger partial charge < -0.3 is 14.1 Å². The maximum Gasteiger partial charge on any atom is 0.374 e. The summed E-state index contributed by atoms with van der Waals surface area (Å²) in [6, 6.07) is 12.7. The van der Waals surface area contributed by atoms with Crippen molar-refractivity contribution >= 4 is 39.6 Å². The first-order chi connectivity index (χ1) is 13.0. The molecule has 1 N–H and O–H groups in total. The lowest BCUT2D eigenvalue weighted by molar-refractivity contribution is 0.0461. The second-order valence-electron chi connectivity index (χ2n) is 6.29. The molecule has 0 aliphatic carbocycles. The molecule has 0 radical (unpaired) electrons. The van der Waals surface area contributed by atoms with Gasteiger partial charge in [0.05, 0.1) is 17.6 Å². The Morgan fingerprint density at radius 3 is 2.93 bits per heavy atom. The van der Waals surface area contributed by atoms with E-state index in [2.05, 4.69) is 4.98 Å². The number of furan rings is 1. The Morgan fingerprint density at radius 1 is 1.26 bits per heavy atom. The first-order valence-electron chi connectivity index (χ1n) is 8.58. The third-order valence-electron chi connectivity index (χ3n) is 4.52. The zero-order valence-electron chi connectivity index (χ0n) is 14.6. The number of esters is 1. The standard InChI is InChI=1S/C20H17ClN2O4/c1-12-14-11-13(21)7-8-17(14)27-18(12)19(24)26-10-4-9-23-16-6-3-2-5-15(16)22-20(23)25/h2-3,5-8,11H,4,9-10H2,1H3,(H,22,25). The number of ether oxygens (including phenoxy) is 1. The average Bonchev–Trinajstić information content (AvgIpc) is 3.15. The number of carbonyl (C=O) groups is 1. The summed E-state index contributed by atoms with van der Waals surface area (Å²) in [6.45, 7) is 2.43. The highest BCUT2D eigenvalue weighted by atomic mass is 35.5. The molecule has 138 valence electrons. The Morgan fingerprint density at radius 2 is 2.07 bits per heavy atom. The zero-order chi connectivity index (χ0) is 19.0. The molecule has 0 atom stereocenters. The Labute approximate surface area is 159 Å². The molecule has 2 heterocycles. The Kier molecular flexibility index (Phi) is 4.49. The van der Waals surface area contributed by atoms with Crippen molar-refractivity contribution < 1.29 is 13.9 Å². The fourth-order valence-electron chi connectivity index (χ4n) is 3.17. The normalized spacial score (nSPS) is 11.3. The van der Waals surface area contributed by atoms with Gasteiger partial charge in [0.15, 0.2) is 0 Å². The van der Waals surface area contributed by atoms with Gasteiger partial charge in [-0.3, -0.25) is 4.57 Å². The minimum atomic E-state index is -0.522. The predicted molar refractivity (Wildman–Crippen MR) is 103 cm³/mol. The molecule has 0 spiro atoms. The number of aromatic nitrogens is 2. The van der Waals surface area contributed by atoms with Gasteiger partial charge in [0.1, 0.15) is 5.58 Å². The molecular weight excluding hydrogens is 368 g/mol. The molecule has 0 saturated carbocycles. The van der Waals surface area contributed by atoms with E-state index in [4.69, 9.17) is 20.8 Å². The molecule has 7 heteroatoms. The molecule has 0 fully saturated rings. The summed E-state index contributed by atoms with van der Waals surface area (Å²) in [4.78, 5) is 27.2. The Bertz CT molecular complexity index is 1200. The minimum Gasteiger partial charge on any atom is -0.460 e. The lowest BCUT2D eigenvalue weighted by Gasteiger charge is -2.05. The van der Waals surface area contributed by atoms with E-state index < -0.39 is 5.97 Å². The quantitative estimate of drug-likeness (QED) is 0.411. The van der Waals surface area contributed by atoms with Gasteiger partial charge in [0.2, 0.25) is 5.76 Å². The van der Waals surface area contributed by atoms with Crippen molar-refractivity contribution in [2.45, 2.75) is 19.9 Å². The lowest BCUT2D eigenvalue weighted by atomic mass is 10.1. The number of imidazole rings is 1. The third-order valence-corrected chi connectivity index (χ3v) is 4.76. The summed E-state index contributed by atoms with van der Waals surface area (Å²) < 4.78 is 12.6. The fraction of sp³-hybridized carbons (Fsp3) is 0.200. The molecule has 0 unspecified atom stereocenters. The number of para-hydroxylation sites is 2. The van der Waals surface area contributed by atoms with Gasteiger partial charge in [0.25, 0.3) is 0 Å². The molecule has 4 rings (SSSR count). The summed E-state index contributed by atoms with van der Waals surface area (Å²) in [5, 5.41) is 1.37. The molecule has 0 aliphatic rings. The van der Waals surface area contributed by atoms with Crippen LogP contribution in [-0.2, 0) is 11.3 Å². The van der Waals surface area contributed by atoms with Crippen LogP contribution >= 0.6 is 11.6 Å². The highest BCUT2D eigenvalue weighted by molar-refractivity contribution is 6.31. The van der Waals surface area contributed by atoms with Crippen molar-refractivity contribution in [2.75, 3.05) is 6.61 Å². The van der Waals surface area contributed by atoms with Crippen LogP contribution in [0.3, 0.4) is 0 Å². The van der Waals surface area contributed by atoms with Gasteiger partial charge >= 0.3 is 11.7 Å². The van der Waals surface area contributed by atoms with Gasteiger partial charge in [-0.05, 0) is 43.7 Å². The Balaban J connectivity index is 1.42. The number of H-pyrrole nitrogens is 1.